The van der Waals surface area contributed by atoms with Crippen LogP contribution in [0.4, 0.5) is 11.4 Å². The van der Waals surface area contributed by atoms with Crippen LogP contribution in [0, 0.1) is 6.92 Å². The number of ether oxygens (including phenoxy) is 1. The molecule has 5 nitrogen and oxygen atoms in total. The summed E-state index contributed by atoms with van der Waals surface area (Å²) in [5, 5.41) is 5.63. The van der Waals surface area contributed by atoms with Crippen LogP contribution in [-0.2, 0) is 16.0 Å². The lowest BCUT2D eigenvalue weighted by molar-refractivity contribution is -0.122. The summed E-state index contributed by atoms with van der Waals surface area (Å²) in [6.07, 6.45) is -0.262. The van der Waals surface area contributed by atoms with E-state index in [1.807, 2.05) is 31.2 Å². The summed E-state index contributed by atoms with van der Waals surface area (Å²) in [5.41, 5.74) is 3.10. The normalized spacial score (nSPS) is 16.1. The van der Waals surface area contributed by atoms with E-state index in [-0.39, 0.29) is 18.2 Å². The molecular weight excluding hydrogens is 292 g/mol. The highest BCUT2D eigenvalue weighted by atomic mass is 16.5. The predicted octanol–water partition coefficient (Wildman–Crippen LogP) is 2.90. The van der Waals surface area contributed by atoms with Crippen LogP contribution in [0.25, 0.3) is 0 Å². The molecule has 0 aliphatic carbocycles. The second kappa shape index (κ2) is 6.12. The number of carbonyl (C=O) groups is 2. The number of carbonyl (C=O) groups excluding carboxylic acids is 2. The zero-order valence-corrected chi connectivity index (χ0v) is 13.1. The smallest absolute Gasteiger partial charge is 0.265 e. The first-order valence-corrected chi connectivity index (χ1v) is 7.49. The molecule has 0 bridgehead atoms. The van der Waals surface area contributed by atoms with E-state index < -0.39 is 6.10 Å². The van der Waals surface area contributed by atoms with Gasteiger partial charge in [0, 0.05) is 0 Å². The molecule has 2 aromatic rings. The Morgan fingerprint density at radius 1 is 1.22 bits per heavy atom. The minimum absolute atomic E-state index is 0.138. The summed E-state index contributed by atoms with van der Waals surface area (Å²) in [4.78, 5) is 24.1. The van der Waals surface area contributed by atoms with Gasteiger partial charge in [0.05, 0.1) is 12.1 Å². The van der Waals surface area contributed by atoms with Gasteiger partial charge in [0.1, 0.15) is 11.4 Å². The molecule has 0 saturated carbocycles. The Labute approximate surface area is 134 Å². The molecule has 1 aliphatic heterocycles. The Balaban J connectivity index is 1.79. The molecule has 1 unspecified atom stereocenters. The van der Waals surface area contributed by atoms with Crippen LogP contribution in [0.2, 0.25) is 0 Å². The quantitative estimate of drug-likeness (QED) is 0.916. The molecule has 0 aromatic heterocycles. The summed E-state index contributed by atoms with van der Waals surface area (Å²) >= 11 is 0. The summed E-state index contributed by atoms with van der Waals surface area (Å²) in [6, 6.07) is 13.1. The molecule has 2 amide bonds. The van der Waals surface area contributed by atoms with Crippen molar-refractivity contribution in [2.75, 3.05) is 10.6 Å². The number of anilines is 2. The van der Waals surface area contributed by atoms with E-state index in [1.54, 1.807) is 25.1 Å². The van der Waals surface area contributed by atoms with Crippen LogP contribution < -0.4 is 15.4 Å². The maximum atomic E-state index is 12.3. The van der Waals surface area contributed by atoms with Gasteiger partial charge >= 0.3 is 0 Å². The molecular formula is C18H18N2O3. The fourth-order valence-electron chi connectivity index (χ4n) is 2.51. The minimum Gasteiger partial charge on any atom is -0.479 e. The molecule has 5 heteroatoms. The molecule has 1 atom stereocenters. The van der Waals surface area contributed by atoms with Gasteiger partial charge in [-0.15, -0.1) is 0 Å². The van der Waals surface area contributed by atoms with Crippen LogP contribution in [0.5, 0.6) is 5.75 Å². The van der Waals surface area contributed by atoms with E-state index in [2.05, 4.69) is 10.6 Å². The largest absolute Gasteiger partial charge is 0.479 e. The Hall–Kier alpha value is -2.82. The van der Waals surface area contributed by atoms with Gasteiger partial charge in [0.25, 0.3) is 5.91 Å². The van der Waals surface area contributed by atoms with Gasteiger partial charge < -0.3 is 15.4 Å². The topological polar surface area (TPSA) is 67.4 Å². The Kier molecular flexibility index (Phi) is 4.02. The second-order valence-electron chi connectivity index (χ2n) is 5.58. The first-order valence-electron chi connectivity index (χ1n) is 7.49. The highest BCUT2D eigenvalue weighted by Crippen LogP contribution is 2.36. The highest BCUT2D eigenvalue weighted by molar-refractivity contribution is 6.04. The van der Waals surface area contributed by atoms with Gasteiger partial charge in [-0.2, -0.15) is 0 Å². The van der Waals surface area contributed by atoms with Crippen molar-refractivity contribution in [3.8, 4) is 5.75 Å². The van der Waals surface area contributed by atoms with Crippen LogP contribution in [-0.4, -0.2) is 17.9 Å². The van der Waals surface area contributed by atoms with Crippen LogP contribution in [0.15, 0.2) is 42.5 Å². The first-order chi connectivity index (χ1) is 11.0. The molecule has 2 N–H and O–H groups in total. The number of amides is 2. The zero-order chi connectivity index (χ0) is 16.4. The third-order valence-electron chi connectivity index (χ3n) is 3.83. The van der Waals surface area contributed by atoms with Gasteiger partial charge in [0.15, 0.2) is 6.10 Å². The van der Waals surface area contributed by atoms with Gasteiger partial charge in [0.2, 0.25) is 5.91 Å². The fraction of sp³-hybridized carbons (Fsp3) is 0.222. The number of nitrogens with one attached hydrogen (secondary N) is 2. The van der Waals surface area contributed by atoms with Crippen molar-refractivity contribution in [3.05, 3.63) is 53.6 Å². The third-order valence-corrected chi connectivity index (χ3v) is 3.83. The minimum atomic E-state index is -0.541. The van der Waals surface area contributed by atoms with Gasteiger partial charge in [-0.25, -0.2) is 0 Å². The summed E-state index contributed by atoms with van der Waals surface area (Å²) < 4.78 is 5.54. The summed E-state index contributed by atoms with van der Waals surface area (Å²) in [6.45, 7) is 3.66. The lowest BCUT2D eigenvalue weighted by Crippen LogP contribution is -2.35. The van der Waals surface area contributed by atoms with Gasteiger partial charge in [-0.1, -0.05) is 30.3 Å². The molecule has 2 aromatic carbocycles. The van der Waals surface area contributed by atoms with E-state index in [0.717, 1.165) is 11.1 Å². The molecule has 3 rings (SSSR count). The van der Waals surface area contributed by atoms with E-state index >= 15 is 0 Å². The number of hydrogen-bond acceptors (Lipinski definition) is 3. The average molecular weight is 310 g/mol. The molecule has 1 aliphatic rings. The van der Waals surface area contributed by atoms with Crippen molar-refractivity contribution in [2.45, 2.75) is 26.4 Å². The summed E-state index contributed by atoms with van der Waals surface area (Å²) in [7, 11) is 0. The van der Waals surface area contributed by atoms with Gasteiger partial charge in [-0.05, 0) is 37.1 Å². The summed E-state index contributed by atoms with van der Waals surface area (Å²) in [5.74, 6) is 0.199. The standard InChI is InChI=1S/C18H18N2O3/c1-11-6-3-4-7-13(11)10-16(21)19-14-8-5-9-15-17(14)20-18(22)12(2)23-15/h3-9,12H,10H2,1-2H3,(H,19,21)(H,20,22). The number of benzene rings is 2. The molecule has 0 radical (unpaired) electrons. The molecule has 0 saturated heterocycles. The number of hydrogen-bond donors (Lipinski definition) is 2. The van der Waals surface area contributed by atoms with Crippen molar-refractivity contribution in [2.24, 2.45) is 0 Å². The van der Waals surface area contributed by atoms with E-state index in [1.165, 1.54) is 0 Å². The third kappa shape index (κ3) is 3.18. The number of aryl methyl sites for hydroxylation is 1. The van der Waals surface area contributed by atoms with Crippen LogP contribution in [0.3, 0.4) is 0 Å². The molecule has 0 fully saturated rings. The molecule has 1 heterocycles. The predicted molar refractivity (Wildman–Crippen MR) is 88.7 cm³/mol. The van der Waals surface area contributed by atoms with Crippen molar-refractivity contribution < 1.29 is 14.3 Å². The lowest BCUT2D eigenvalue weighted by Gasteiger charge is -2.25. The van der Waals surface area contributed by atoms with E-state index in [0.29, 0.717) is 17.1 Å². The Morgan fingerprint density at radius 3 is 2.78 bits per heavy atom. The van der Waals surface area contributed by atoms with Crippen LogP contribution >= 0.6 is 0 Å². The molecule has 0 spiro atoms. The molecule has 118 valence electrons. The monoisotopic (exact) mass is 310 g/mol. The number of para-hydroxylation sites is 1. The van der Waals surface area contributed by atoms with E-state index in [4.69, 9.17) is 4.74 Å². The average Bonchev–Trinajstić information content (AvgIpc) is 2.51. The SMILES string of the molecule is Cc1ccccc1CC(=O)Nc1cccc2c1NC(=O)C(C)O2. The highest BCUT2D eigenvalue weighted by Gasteiger charge is 2.25. The fourth-order valence-corrected chi connectivity index (χ4v) is 2.51. The van der Waals surface area contributed by atoms with Crippen LogP contribution in [0.1, 0.15) is 18.1 Å². The van der Waals surface area contributed by atoms with Crippen molar-refractivity contribution in [1.82, 2.24) is 0 Å². The Bertz CT molecular complexity index is 771. The van der Waals surface area contributed by atoms with Crippen molar-refractivity contribution in [1.29, 1.82) is 0 Å². The first kappa shape index (κ1) is 15.1. The number of rotatable bonds is 3. The Morgan fingerprint density at radius 2 is 2.00 bits per heavy atom. The van der Waals surface area contributed by atoms with Crippen molar-refractivity contribution in [3.63, 3.8) is 0 Å². The van der Waals surface area contributed by atoms with Crippen molar-refractivity contribution >= 4 is 23.2 Å². The van der Waals surface area contributed by atoms with E-state index in [9.17, 15) is 9.59 Å². The zero-order valence-electron chi connectivity index (χ0n) is 13.1. The van der Waals surface area contributed by atoms with Gasteiger partial charge in [-0.3, -0.25) is 9.59 Å². The molecule has 23 heavy (non-hydrogen) atoms. The second-order valence-corrected chi connectivity index (χ2v) is 5.58. The lowest BCUT2D eigenvalue weighted by atomic mass is 10.1. The maximum absolute atomic E-state index is 12.3. The maximum Gasteiger partial charge on any atom is 0.265 e. The number of fused-ring (bicyclic) bond motifs is 1.